The third-order valence-electron chi connectivity index (χ3n) is 3.59. The fraction of sp³-hybridized carbons (Fsp3) is 0.538. The van der Waals surface area contributed by atoms with Gasteiger partial charge < -0.3 is 19.7 Å². The molecule has 1 atom stereocenters. The molecule has 1 fully saturated rings. The topological polar surface area (TPSA) is 82.8 Å². The number of piperidine rings is 1. The highest BCUT2D eigenvalue weighted by molar-refractivity contribution is 5.86. The van der Waals surface area contributed by atoms with Crippen LogP contribution in [0, 0.1) is 0 Å². The lowest BCUT2D eigenvalue weighted by molar-refractivity contribution is -0.150. The van der Waals surface area contributed by atoms with Crippen LogP contribution < -0.4 is 5.32 Å². The number of carbonyl (C=O) groups excluding carboxylic acids is 1. The Hall–Kier alpha value is -1.98. The lowest BCUT2D eigenvalue weighted by Gasteiger charge is -2.41. The molecule has 0 saturated carbocycles. The molecule has 1 aliphatic rings. The summed E-state index contributed by atoms with van der Waals surface area (Å²) in [5.41, 5.74) is -1.12. The van der Waals surface area contributed by atoms with E-state index in [4.69, 9.17) is 4.42 Å². The van der Waals surface area contributed by atoms with Crippen molar-refractivity contribution in [2.75, 3.05) is 6.54 Å². The fourth-order valence-electron chi connectivity index (χ4n) is 2.34. The van der Waals surface area contributed by atoms with Crippen molar-refractivity contribution < 1.29 is 19.1 Å². The normalized spacial score (nSPS) is 23.1. The minimum absolute atomic E-state index is 0.262. The van der Waals surface area contributed by atoms with Gasteiger partial charge in [0, 0.05) is 6.54 Å². The molecule has 19 heavy (non-hydrogen) atoms. The summed E-state index contributed by atoms with van der Waals surface area (Å²) in [5.74, 6) is -0.317. The highest BCUT2D eigenvalue weighted by atomic mass is 16.4. The predicted octanol–water partition coefficient (Wildman–Crippen LogP) is 1.82. The minimum atomic E-state index is -1.12. The van der Waals surface area contributed by atoms with Crippen LogP contribution >= 0.6 is 0 Å². The second-order valence-corrected chi connectivity index (χ2v) is 4.93. The van der Waals surface area contributed by atoms with Crippen LogP contribution in [0.2, 0.25) is 0 Å². The summed E-state index contributed by atoms with van der Waals surface area (Å²) in [6.07, 6.45) is 3.67. The van der Waals surface area contributed by atoms with E-state index in [1.165, 1.54) is 11.2 Å². The van der Waals surface area contributed by atoms with Crippen molar-refractivity contribution >= 4 is 12.0 Å². The van der Waals surface area contributed by atoms with Crippen molar-refractivity contribution in [3.63, 3.8) is 0 Å². The monoisotopic (exact) mass is 266 g/mol. The van der Waals surface area contributed by atoms with Crippen LogP contribution in [0.25, 0.3) is 0 Å². The Morgan fingerprint density at radius 3 is 2.95 bits per heavy atom. The number of hydrogen-bond donors (Lipinski definition) is 2. The van der Waals surface area contributed by atoms with Crippen molar-refractivity contribution in [3.05, 3.63) is 24.2 Å². The van der Waals surface area contributed by atoms with Gasteiger partial charge in [0.2, 0.25) is 0 Å². The zero-order valence-corrected chi connectivity index (χ0v) is 10.9. The summed E-state index contributed by atoms with van der Waals surface area (Å²) in [7, 11) is 0. The van der Waals surface area contributed by atoms with Gasteiger partial charge in [0.1, 0.15) is 11.3 Å². The summed E-state index contributed by atoms with van der Waals surface area (Å²) in [6.45, 7) is 2.33. The first-order valence-electron chi connectivity index (χ1n) is 6.35. The molecule has 2 rings (SSSR count). The van der Waals surface area contributed by atoms with Gasteiger partial charge in [-0.15, -0.1) is 0 Å². The third-order valence-corrected chi connectivity index (χ3v) is 3.59. The van der Waals surface area contributed by atoms with E-state index < -0.39 is 11.5 Å². The molecule has 1 aliphatic heterocycles. The summed E-state index contributed by atoms with van der Waals surface area (Å²) < 4.78 is 5.12. The Morgan fingerprint density at radius 2 is 2.32 bits per heavy atom. The van der Waals surface area contributed by atoms with Crippen LogP contribution in [0.4, 0.5) is 4.79 Å². The smallest absolute Gasteiger partial charge is 0.329 e. The lowest BCUT2D eigenvalue weighted by Crippen LogP contribution is -2.59. The van der Waals surface area contributed by atoms with Gasteiger partial charge >= 0.3 is 12.0 Å². The number of carboxylic acids is 1. The average molecular weight is 266 g/mol. The molecule has 6 nitrogen and oxygen atoms in total. The minimum Gasteiger partial charge on any atom is -0.480 e. The van der Waals surface area contributed by atoms with Crippen molar-refractivity contribution in [2.24, 2.45) is 0 Å². The highest BCUT2D eigenvalue weighted by Crippen LogP contribution is 2.28. The number of hydrogen-bond acceptors (Lipinski definition) is 3. The number of furan rings is 1. The molecule has 1 unspecified atom stereocenters. The number of carbonyl (C=O) groups is 2. The Labute approximate surface area is 111 Å². The first-order valence-corrected chi connectivity index (χ1v) is 6.35. The van der Waals surface area contributed by atoms with Crippen LogP contribution in [-0.2, 0) is 11.3 Å². The molecule has 0 aliphatic carbocycles. The summed E-state index contributed by atoms with van der Waals surface area (Å²) in [4.78, 5) is 24.9. The van der Waals surface area contributed by atoms with E-state index in [9.17, 15) is 14.7 Å². The number of nitrogens with one attached hydrogen (secondary N) is 1. The number of aliphatic carboxylic acids is 1. The fourth-order valence-corrected chi connectivity index (χ4v) is 2.34. The van der Waals surface area contributed by atoms with E-state index in [2.05, 4.69) is 5.32 Å². The number of carboxylic acid groups (broad SMARTS) is 1. The Bertz CT molecular complexity index is 457. The van der Waals surface area contributed by atoms with E-state index in [0.717, 1.165) is 12.8 Å². The second kappa shape index (κ2) is 5.34. The Balaban J connectivity index is 2.01. The second-order valence-electron chi connectivity index (χ2n) is 4.93. The van der Waals surface area contributed by atoms with Crippen LogP contribution in [0.3, 0.4) is 0 Å². The first kappa shape index (κ1) is 13.5. The molecule has 0 bridgehead atoms. The molecule has 2 heterocycles. The molecule has 1 aromatic rings. The molecule has 2 amide bonds. The molecular weight excluding hydrogens is 248 g/mol. The molecule has 0 radical (unpaired) electrons. The molecule has 1 aromatic heterocycles. The third kappa shape index (κ3) is 2.72. The van der Waals surface area contributed by atoms with Crippen molar-refractivity contribution in [2.45, 2.75) is 38.3 Å². The molecule has 0 spiro atoms. The molecule has 104 valence electrons. The zero-order valence-electron chi connectivity index (χ0n) is 10.9. The van der Waals surface area contributed by atoms with E-state index in [1.54, 1.807) is 19.1 Å². The van der Waals surface area contributed by atoms with Crippen molar-refractivity contribution in [3.8, 4) is 0 Å². The van der Waals surface area contributed by atoms with Gasteiger partial charge in [-0.1, -0.05) is 0 Å². The molecule has 6 heteroatoms. The largest absolute Gasteiger partial charge is 0.480 e. The first-order chi connectivity index (χ1) is 9.04. The number of amides is 2. The van der Waals surface area contributed by atoms with E-state index in [-0.39, 0.29) is 12.6 Å². The van der Waals surface area contributed by atoms with Crippen LogP contribution in [-0.4, -0.2) is 34.1 Å². The van der Waals surface area contributed by atoms with Crippen LogP contribution in [0.15, 0.2) is 22.8 Å². The maximum absolute atomic E-state index is 12.1. The molecule has 1 saturated heterocycles. The van der Waals surface area contributed by atoms with Gasteiger partial charge in [-0.3, -0.25) is 0 Å². The molecule has 2 N–H and O–H groups in total. The number of likely N-dealkylation sites (tertiary alicyclic amines) is 1. The van der Waals surface area contributed by atoms with Gasteiger partial charge in [-0.25, -0.2) is 9.59 Å². The summed E-state index contributed by atoms with van der Waals surface area (Å²) >= 11 is 0. The van der Waals surface area contributed by atoms with Gasteiger partial charge in [0.05, 0.1) is 12.8 Å². The van der Waals surface area contributed by atoms with Gasteiger partial charge in [-0.05, 0) is 38.3 Å². The number of nitrogens with zero attached hydrogens (tertiary/aromatic N) is 1. The van der Waals surface area contributed by atoms with Gasteiger partial charge in [0.15, 0.2) is 0 Å². The van der Waals surface area contributed by atoms with E-state index >= 15 is 0 Å². The van der Waals surface area contributed by atoms with Gasteiger partial charge in [0.25, 0.3) is 0 Å². The van der Waals surface area contributed by atoms with Crippen molar-refractivity contribution in [1.29, 1.82) is 0 Å². The Kier molecular flexibility index (Phi) is 3.78. The maximum atomic E-state index is 12.1. The SMILES string of the molecule is CC1(C(=O)O)CCCCN1C(=O)NCc1ccco1. The zero-order chi connectivity index (χ0) is 13.9. The van der Waals surface area contributed by atoms with E-state index in [0.29, 0.717) is 18.7 Å². The van der Waals surface area contributed by atoms with Gasteiger partial charge in [-0.2, -0.15) is 0 Å². The molecular formula is C13H18N2O4. The van der Waals surface area contributed by atoms with E-state index in [1.807, 2.05) is 0 Å². The summed E-state index contributed by atoms with van der Waals surface area (Å²) in [6, 6.07) is 3.14. The lowest BCUT2D eigenvalue weighted by atomic mass is 9.89. The average Bonchev–Trinajstić information content (AvgIpc) is 2.89. The number of rotatable bonds is 3. The quantitative estimate of drug-likeness (QED) is 0.874. The van der Waals surface area contributed by atoms with Crippen LogP contribution in [0.1, 0.15) is 31.9 Å². The Morgan fingerprint density at radius 1 is 1.53 bits per heavy atom. The van der Waals surface area contributed by atoms with Crippen molar-refractivity contribution in [1.82, 2.24) is 10.2 Å². The predicted molar refractivity (Wildman–Crippen MR) is 67.5 cm³/mol. The summed E-state index contributed by atoms with van der Waals surface area (Å²) in [5, 5.41) is 12.0. The molecule has 0 aromatic carbocycles. The van der Waals surface area contributed by atoms with Crippen LogP contribution in [0.5, 0.6) is 0 Å². The maximum Gasteiger partial charge on any atom is 0.329 e. The highest BCUT2D eigenvalue weighted by Gasteiger charge is 2.43. The standard InChI is InChI=1S/C13H18N2O4/c1-13(11(16)17)6-2-3-7-15(13)12(18)14-9-10-5-4-8-19-10/h4-5,8H,2-3,6-7,9H2,1H3,(H,14,18)(H,16,17). The number of urea groups is 1.